The summed E-state index contributed by atoms with van der Waals surface area (Å²) in [6.07, 6.45) is 5.94. The van der Waals surface area contributed by atoms with E-state index >= 15 is 0 Å². The molecule has 0 bridgehead atoms. The molecule has 5 rings (SSSR count). The largest absolute Gasteiger partial charge is 0.190 e. The number of azo groups is 2. The predicted octanol–water partition coefficient (Wildman–Crippen LogP) is 3.14. The third kappa shape index (κ3) is 0.604. The van der Waals surface area contributed by atoms with Crippen molar-refractivity contribution in [1.82, 2.24) is 0 Å². The minimum atomic E-state index is 0.102. The fourth-order valence-corrected chi connectivity index (χ4v) is 6.05. The van der Waals surface area contributed by atoms with Crippen molar-refractivity contribution in [3.63, 3.8) is 0 Å². The van der Waals surface area contributed by atoms with Gasteiger partial charge in [-0.1, -0.05) is 0 Å². The smallest absolute Gasteiger partial charge is 0.0873 e. The van der Waals surface area contributed by atoms with Crippen molar-refractivity contribution < 1.29 is 0 Å². The summed E-state index contributed by atoms with van der Waals surface area (Å²) in [6, 6.07) is 0.957. The zero-order valence-electron chi connectivity index (χ0n) is 10.5. The lowest BCUT2D eigenvalue weighted by molar-refractivity contribution is 0.0488. The highest BCUT2D eigenvalue weighted by Crippen LogP contribution is 2.87. The summed E-state index contributed by atoms with van der Waals surface area (Å²) in [5.74, 6) is 0. The first-order valence-electron chi connectivity index (χ1n) is 6.92. The molecule has 5 aliphatic rings. The standard InChI is InChI=1S/C13H18N4/c1-10-5-3-9-13-7-12(10,13)8(14-16-10)4-6-11(13,2)17-15-9/h8-9H,3-7H2,1-2H3/t8-,9?,10+,11?,12-,13?/m1/s1. The Morgan fingerprint density at radius 1 is 0.824 bits per heavy atom. The molecule has 0 aromatic heterocycles. The van der Waals surface area contributed by atoms with Crippen molar-refractivity contribution in [2.45, 2.75) is 69.1 Å². The first-order valence-corrected chi connectivity index (χ1v) is 6.92. The molecule has 90 valence electrons. The van der Waals surface area contributed by atoms with Gasteiger partial charge in [-0.15, -0.1) is 0 Å². The molecule has 6 atom stereocenters. The number of hydrogen-bond donors (Lipinski definition) is 0. The molecule has 2 heterocycles. The topological polar surface area (TPSA) is 49.4 Å². The lowest BCUT2D eigenvalue weighted by Gasteiger charge is -2.48. The van der Waals surface area contributed by atoms with Gasteiger partial charge in [-0.05, 0) is 46.0 Å². The number of hydrogen-bond acceptors (Lipinski definition) is 4. The third-order valence-electron chi connectivity index (χ3n) is 6.93. The van der Waals surface area contributed by atoms with Gasteiger partial charge in [0.15, 0.2) is 0 Å². The molecule has 0 N–H and O–H groups in total. The Kier molecular flexibility index (Phi) is 1.13. The van der Waals surface area contributed by atoms with Gasteiger partial charge in [0.25, 0.3) is 0 Å². The van der Waals surface area contributed by atoms with Crippen molar-refractivity contribution in [2.75, 3.05) is 0 Å². The minimum absolute atomic E-state index is 0.102. The molecule has 3 saturated carbocycles. The maximum Gasteiger partial charge on any atom is 0.0873 e. The van der Waals surface area contributed by atoms with Gasteiger partial charge in [-0.2, -0.15) is 20.5 Å². The Bertz CT molecular complexity index is 456. The van der Waals surface area contributed by atoms with Crippen LogP contribution in [0.4, 0.5) is 0 Å². The summed E-state index contributed by atoms with van der Waals surface area (Å²) in [4.78, 5) is 0. The lowest BCUT2D eigenvalue weighted by Crippen LogP contribution is -2.56. The van der Waals surface area contributed by atoms with Crippen LogP contribution in [0.2, 0.25) is 0 Å². The fourth-order valence-electron chi connectivity index (χ4n) is 6.05. The van der Waals surface area contributed by atoms with Crippen LogP contribution in [0.25, 0.3) is 0 Å². The van der Waals surface area contributed by atoms with E-state index < -0.39 is 0 Å². The summed E-state index contributed by atoms with van der Waals surface area (Å²) in [5, 5.41) is 18.7. The lowest BCUT2D eigenvalue weighted by atomic mass is 9.55. The highest BCUT2D eigenvalue weighted by molar-refractivity contribution is 5.43. The molecular weight excluding hydrogens is 212 g/mol. The van der Waals surface area contributed by atoms with Gasteiger partial charge in [-0.25, -0.2) is 0 Å². The molecule has 4 heteroatoms. The molecule has 0 aromatic rings. The summed E-state index contributed by atoms with van der Waals surface area (Å²) in [5.41, 5.74) is 0.870. The second kappa shape index (κ2) is 2.10. The predicted molar refractivity (Wildman–Crippen MR) is 62.0 cm³/mol. The van der Waals surface area contributed by atoms with Crippen LogP contribution < -0.4 is 0 Å². The normalized spacial score (nSPS) is 69.1. The molecule has 0 aromatic carbocycles. The van der Waals surface area contributed by atoms with Crippen LogP contribution >= 0.6 is 0 Å². The summed E-state index contributed by atoms with van der Waals surface area (Å²) in [6.45, 7) is 4.68. The Morgan fingerprint density at radius 2 is 1.29 bits per heavy atom. The molecule has 0 radical (unpaired) electrons. The highest BCUT2D eigenvalue weighted by atomic mass is 15.4. The molecule has 2 spiro atoms. The van der Waals surface area contributed by atoms with Crippen LogP contribution in [0.3, 0.4) is 0 Å². The van der Waals surface area contributed by atoms with Crippen LogP contribution in [-0.2, 0) is 0 Å². The number of rotatable bonds is 0. The van der Waals surface area contributed by atoms with Gasteiger partial charge in [-0.3, -0.25) is 0 Å². The highest BCUT2D eigenvalue weighted by Gasteiger charge is 2.91. The van der Waals surface area contributed by atoms with E-state index in [1.165, 1.54) is 19.3 Å². The third-order valence-corrected chi connectivity index (χ3v) is 6.93. The zero-order valence-corrected chi connectivity index (χ0v) is 10.5. The van der Waals surface area contributed by atoms with Gasteiger partial charge in [0.05, 0.1) is 23.2 Å². The zero-order chi connectivity index (χ0) is 11.5. The van der Waals surface area contributed by atoms with Crippen molar-refractivity contribution in [3.8, 4) is 0 Å². The van der Waals surface area contributed by atoms with Crippen molar-refractivity contribution in [1.29, 1.82) is 0 Å². The fraction of sp³-hybridized carbons (Fsp3) is 1.00. The minimum Gasteiger partial charge on any atom is -0.190 e. The van der Waals surface area contributed by atoms with E-state index in [1.54, 1.807) is 0 Å². The Hall–Kier alpha value is -0.800. The molecule has 4 nitrogen and oxygen atoms in total. The maximum absolute atomic E-state index is 4.71. The average Bonchev–Trinajstić information content (AvgIpc) is 2.87. The summed E-state index contributed by atoms with van der Waals surface area (Å²) in [7, 11) is 0. The molecular formula is C13H18N4. The van der Waals surface area contributed by atoms with E-state index in [-0.39, 0.29) is 11.1 Å². The first-order chi connectivity index (χ1) is 8.08. The van der Waals surface area contributed by atoms with Crippen LogP contribution in [0, 0.1) is 10.8 Å². The SMILES string of the molecule is CC12CC[C@H]3N=N[C@@]4(C)CCC(N=N1)C21C[C@]314. The first kappa shape index (κ1) is 9.17. The van der Waals surface area contributed by atoms with Crippen molar-refractivity contribution in [3.05, 3.63) is 0 Å². The van der Waals surface area contributed by atoms with Gasteiger partial charge in [0, 0.05) is 10.8 Å². The van der Waals surface area contributed by atoms with E-state index in [0.717, 1.165) is 12.8 Å². The molecule has 0 saturated heterocycles. The van der Waals surface area contributed by atoms with E-state index in [9.17, 15) is 0 Å². The monoisotopic (exact) mass is 230 g/mol. The number of nitrogens with zero attached hydrogens (tertiary/aromatic N) is 4. The molecule has 3 unspecified atom stereocenters. The average molecular weight is 230 g/mol. The van der Waals surface area contributed by atoms with Gasteiger partial charge in [0.1, 0.15) is 0 Å². The second-order valence-electron chi connectivity index (χ2n) is 7.21. The Balaban J connectivity index is 1.79. The summed E-state index contributed by atoms with van der Waals surface area (Å²) < 4.78 is 0. The van der Waals surface area contributed by atoms with Crippen molar-refractivity contribution in [2.24, 2.45) is 31.3 Å². The molecule has 2 aliphatic heterocycles. The van der Waals surface area contributed by atoms with Crippen LogP contribution in [0.1, 0.15) is 46.0 Å². The van der Waals surface area contributed by atoms with Gasteiger partial charge < -0.3 is 0 Å². The van der Waals surface area contributed by atoms with Gasteiger partial charge >= 0.3 is 0 Å². The van der Waals surface area contributed by atoms with Crippen molar-refractivity contribution >= 4 is 0 Å². The second-order valence-corrected chi connectivity index (χ2v) is 7.21. The van der Waals surface area contributed by atoms with E-state index in [0.29, 0.717) is 22.9 Å². The molecule has 17 heavy (non-hydrogen) atoms. The maximum atomic E-state index is 4.71. The molecule has 3 fully saturated rings. The van der Waals surface area contributed by atoms with Crippen LogP contribution in [0.5, 0.6) is 0 Å². The van der Waals surface area contributed by atoms with Crippen LogP contribution in [-0.4, -0.2) is 23.2 Å². The van der Waals surface area contributed by atoms with Crippen LogP contribution in [0.15, 0.2) is 20.5 Å². The summed E-state index contributed by atoms with van der Waals surface area (Å²) >= 11 is 0. The van der Waals surface area contributed by atoms with Gasteiger partial charge in [0.2, 0.25) is 0 Å². The Morgan fingerprint density at radius 3 is 1.76 bits per heavy atom. The molecule has 0 amide bonds. The Labute approximate surface area is 101 Å². The van der Waals surface area contributed by atoms with E-state index in [4.69, 9.17) is 10.2 Å². The molecule has 3 aliphatic carbocycles. The van der Waals surface area contributed by atoms with E-state index in [2.05, 4.69) is 24.1 Å². The quantitative estimate of drug-likeness (QED) is 0.614. The van der Waals surface area contributed by atoms with E-state index in [1.807, 2.05) is 0 Å².